The van der Waals surface area contributed by atoms with Crippen molar-refractivity contribution in [3.05, 3.63) is 82.0 Å². The Morgan fingerprint density at radius 2 is 1.97 bits per heavy atom. The van der Waals surface area contributed by atoms with Crippen LogP contribution in [0, 0.1) is 6.92 Å². The molecule has 11 heteroatoms. The van der Waals surface area contributed by atoms with Crippen molar-refractivity contribution in [2.75, 3.05) is 0 Å². The smallest absolute Gasteiger partial charge is 0.335 e. The van der Waals surface area contributed by atoms with Crippen LogP contribution in [0.15, 0.2) is 59.5 Å². The molecule has 2 heterocycles. The van der Waals surface area contributed by atoms with E-state index in [1.807, 2.05) is 23.7 Å². The summed E-state index contributed by atoms with van der Waals surface area (Å²) in [7, 11) is -3.79. The molecule has 0 atom stereocenters. The van der Waals surface area contributed by atoms with Gasteiger partial charge in [-0.3, -0.25) is 0 Å². The van der Waals surface area contributed by atoms with E-state index in [4.69, 9.17) is 21.1 Å². The first-order valence-electron chi connectivity index (χ1n) is 11.9. The van der Waals surface area contributed by atoms with E-state index in [0.29, 0.717) is 22.0 Å². The largest absolute Gasteiger partial charge is 0.487 e. The first kappa shape index (κ1) is 24.4. The number of hydrogen-bond donors (Lipinski definition) is 1. The number of halogens is 1. The Morgan fingerprint density at radius 1 is 1.16 bits per heavy atom. The molecule has 0 saturated heterocycles. The fourth-order valence-corrected chi connectivity index (χ4v) is 6.37. The second-order valence-electron chi connectivity index (χ2n) is 9.38. The predicted molar refractivity (Wildman–Crippen MR) is 139 cm³/mol. The second-order valence-corrected chi connectivity index (χ2v) is 11.7. The fraction of sp³-hybridized carbons (Fsp3) is 0.222. The summed E-state index contributed by atoms with van der Waals surface area (Å²) in [5.41, 5.74) is 3.53. The highest BCUT2D eigenvalue weighted by atomic mass is 35.5. The van der Waals surface area contributed by atoms with Gasteiger partial charge >= 0.3 is 5.97 Å². The number of aromatic carboxylic acids is 1. The minimum Gasteiger partial charge on any atom is -0.487 e. The number of aryl methyl sites for hydroxylation is 1. The summed E-state index contributed by atoms with van der Waals surface area (Å²) in [6.45, 7) is 2.06. The van der Waals surface area contributed by atoms with Crippen LogP contribution in [0.1, 0.15) is 46.1 Å². The number of nitrogens with zero attached hydrogens (tertiary/aromatic N) is 3. The summed E-state index contributed by atoms with van der Waals surface area (Å²) in [5.74, 6) is -0.819. The zero-order chi connectivity index (χ0) is 26.6. The van der Waals surface area contributed by atoms with Gasteiger partial charge in [-0.05, 0) is 55.7 Å². The molecular weight excluding hydrogens is 530 g/mol. The minimum atomic E-state index is -3.79. The van der Waals surface area contributed by atoms with E-state index < -0.39 is 15.8 Å². The summed E-state index contributed by atoms with van der Waals surface area (Å²) >= 11 is 6.52. The van der Waals surface area contributed by atoms with E-state index in [1.54, 1.807) is 12.1 Å². The van der Waals surface area contributed by atoms with Crippen LogP contribution < -0.4 is 9.47 Å². The average molecular weight is 552 g/mol. The molecule has 38 heavy (non-hydrogen) atoms. The number of carboxylic acids is 1. The summed E-state index contributed by atoms with van der Waals surface area (Å²) in [5, 5.41) is 18.7. The lowest BCUT2D eigenvalue weighted by molar-refractivity contribution is 0.0696. The Bertz CT molecular complexity index is 1690. The van der Waals surface area contributed by atoms with Gasteiger partial charge in [-0.25, -0.2) is 17.9 Å². The monoisotopic (exact) mass is 551 g/mol. The second kappa shape index (κ2) is 9.14. The van der Waals surface area contributed by atoms with Crippen molar-refractivity contribution < 1.29 is 27.8 Å². The van der Waals surface area contributed by atoms with Gasteiger partial charge in [0.25, 0.3) is 0 Å². The Balaban J connectivity index is 1.33. The highest BCUT2D eigenvalue weighted by Gasteiger charge is 2.31. The van der Waals surface area contributed by atoms with Crippen LogP contribution in [0.2, 0.25) is 5.02 Å². The van der Waals surface area contributed by atoms with Gasteiger partial charge in [0.1, 0.15) is 40.1 Å². The third-order valence-electron chi connectivity index (χ3n) is 6.65. The van der Waals surface area contributed by atoms with Crippen molar-refractivity contribution in [2.24, 2.45) is 0 Å². The highest BCUT2D eigenvalue weighted by Crippen LogP contribution is 2.41. The molecule has 0 bridgehead atoms. The molecular formula is C27H22ClN3O6S. The lowest BCUT2D eigenvalue weighted by Gasteiger charge is -2.13. The van der Waals surface area contributed by atoms with Gasteiger partial charge in [0.15, 0.2) is 9.84 Å². The molecule has 194 valence electrons. The van der Waals surface area contributed by atoms with Gasteiger partial charge in [0.2, 0.25) is 0 Å². The van der Waals surface area contributed by atoms with Gasteiger partial charge in [-0.1, -0.05) is 35.0 Å². The molecule has 1 aliphatic carbocycles. The first-order valence-corrected chi connectivity index (χ1v) is 14.0. The lowest BCUT2D eigenvalue weighted by Crippen LogP contribution is -2.08. The topological polar surface area (TPSA) is 121 Å². The normalized spacial score (nSPS) is 15.6. The number of carbonyl (C=O) groups is 1. The van der Waals surface area contributed by atoms with Crippen molar-refractivity contribution >= 4 is 27.4 Å². The van der Waals surface area contributed by atoms with Crippen molar-refractivity contribution in [2.45, 2.75) is 43.1 Å². The third kappa shape index (κ3) is 4.39. The molecule has 9 nitrogen and oxygen atoms in total. The van der Waals surface area contributed by atoms with Crippen LogP contribution in [-0.2, 0) is 22.2 Å². The van der Waals surface area contributed by atoms with E-state index in [1.165, 1.54) is 30.3 Å². The molecule has 3 aromatic carbocycles. The molecule has 0 unspecified atom stereocenters. The lowest BCUT2D eigenvalue weighted by atomic mass is 10.0. The van der Waals surface area contributed by atoms with E-state index in [2.05, 4.69) is 10.3 Å². The molecule has 0 amide bonds. The zero-order valence-corrected chi connectivity index (χ0v) is 21.8. The molecule has 4 aromatic rings. The van der Waals surface area contributed by atoms with Gasteiger partial charge in [0, 0.05) is 17.2 Å². The van der Waals surface area contributed by atoms with Crippen molar-refractivity contribution in [1.82, 2.24) is 15.0 Å². The number of carboxylic acid groups (broad SMARTS) is 1. The van der Waals surface area contributed by atoms with Gasteiger partial charge in [0.05, 0.1) is 22.4 Å². The van der Waals surface area contributed by atoms with Crippen LogP contribution in [0.4, 0.5) is 0 Å². The van der Waals surface area contributed by atoms with Crippen molar-refractivity contribution in [3.63, 3.8) is 0 Å². The van der Waals surface area contributed by atoms with Gasteiger partial charge in [-0.15, -0.1) is 5.10 Å². The fourth-order valence-electron chi connectivity index (χ4n) is 4.55. The molecule has 1 aliphatic heterocycles. The number of fused-ring (bicyclic) bond motifs is 2. The Labute approximate surface area is 223 Å². The number of hydrogen-bond acceptors (Lipinski definition) is 7. The first-order chi connectivity index (χ1) is 18.2. The molecule has 1 N–H and O–H groups in total. The molecule has 1 aromatic heterocycles. The molecule has 2 aliphatic rings. The molecule has 6 rings (SSSR count). The molecule has 1 saturated carbocycles. The number of rotatable bonds is 6. The van der Waals surface area contributed by atoms with E-state index in [-0.39, 0.29) is 40.4 Å². The zero-order valence-electron chi connectivity index (χ0n) is 20.2. The van der Waals surface area contributed by atoms with E-state index in [9.17, 15) is 18.3 Å². The van der Waals surface area contributed by atoms with Crippen LogP contribution in [0.3, 0.4) is 0 Å². The number of aromatic nitrogens is 3. The highest BCUT2D eigenvalue weighted by molar-refractivity contribution is 7.90. The minimum absolute atomic E-state index is 0.00926. The van der Waals surface area contributed by atoms with Crippen LogP contribution in [0.5, 0.6) is 17.2 Å². The Hall–Kier alpha value is -3.89. The molecule has 0 spiro atoms. The maximum absolute atomic E-state index is 13.2. The average Bonchev–Trinajstić information content (AvgIpc) is 3.65. The number of ether oxygens (including phenoxy) is 2. The van der Waals surface area contributed by atoms with E-state index in [0.717, 1.165) is 29.7 Å². The standard InChI is InChI=1S/C27H22ClN3O6S/c1-15-3-2-4-20(28)25(15)26-21(31(30-29-26)18-7-8-18)13-36-19-9-10-22-24(12-19)38(34,35)14-17-6-5-16(27(32)33)11-23(17)37-22/h2-6,9-12,18H,7-8,13-14H2,1H3,(H,32,33). The van der Waals surface area contributed by atoms with Gasteiger partial charge < -0.3 is 14.6 Å². The summed E-state index contributed by atoms with van der Waals surface area (Å²) in [4.78, 5) is 11.3. The number of sulfone groups is 1. The van der Waals surface area contributed by atoms with Gasteiger partial charge in [-0.2, -0.15) is 0 Å². The third-order valence-corrected chi connectivity index (χ3v) is 8.64. The number of benzene rings is 3. The molecule has 0 radical (unpaired) electrons. The Morgan fingerprint density at radius 3 is 2.71 bits per heavy atom. The summed E-state index contributed by atoms with van der Waals surface area (Å²) in [6, 6.07) is 14.6. The quantitative estimate of drug-likeness (QED) is 0.329. The summed E-state index contributed by atoms with van der Waals surface area (Å²) in [6.07, 6.45) is 1.99. The molecule has 1 fully saturated rings. The Kier molecular flexibility index (Phi) is 5.88. The SMILES string of the molecule is Cc1cccc(Cl)c1-c1nnn(C2CC2)c1COc1ccc2c(c1)S(=O)(=O)Cc1ccc(C(=O)O)cc1O2. The maximum Gasteiger partial charge on any atom is 0.335 e. The maximum atomic E-state index is 13.2. The van der Waals surface area contributed by atoms with Crippen molar-refractivity contribution in [1.29, 1.82) is 0 Å². The van der Waals surface area contributed by atoms with Crippen LogP contribution >= 0.6 is 11.6 Å². The van der Waals surface area contributed by atoms with Crippen LogP contribution in [0.25, 0.3) is 11.3 Å². The van der Waals surface area contributed by atoms with Crippen LogP contribution in [-0.4, -0.2) is 34.5 Å². The predicted octanol–water partition coefficient (Wildman–Crippen LogP) is 5.60. The van der Waals surface area contributed by atoms with E-state index >= 15 is 0 Å². The van der Waals surface area contributed by atoms with Crippen molar-refractivity contribution in [3.8, 4) is 28.5 Å². The summed E-state index contributed by atoms with van der Waals surface area (Å²) < 4.78 is 40.3.